The van der Waals surface area contributed by atoms with Crippen molar-refractivity contribution in [2.75, 3.05) is 31.4 Å². The van der Waals surface area contributed by atoms with Crippen LogP contribution in [0.2, 0.25) is 5.02 Å². The minimum atomic E-state index is -3.49. The van der Waals surface area contributed by atoms with Gasteiger partial charge in [0.15, 0.2) is 5.78 Å². The van der Waals surface area contributed by atoms with Crippen molar-refractivity contribution in [3.05, 3.63) is 88.4 Å². The molecule has 0 aliphatic heterocycles. The molecule has 0 aliphatic rings. The molecule has 0 radical (unpaired) electrons. The first-order valence-corrected chi connectivity index (χ1v) is 17.3. The molecule has 0 saturated heterocycles. The molecule has 0 fully saturated rings. The lowest BCUT2D eigenvalue weighted by Crippen LogP contribution is -2.38. The Bertz CT molecular complexity index is 1520. The Morgan fingerprint density at radius 3 is 2.22 bits per heavy atom. The number of ketones is 1. The van der Waals surface area contributed by atoms with Gasteiger partial charge in [0, 0.05) is 36.1 Å². The molecular formula is C34H43ClN3O7P. The van der Waals surface area contributed by atoms with Crippen molar-refractivity contribution < 1.29 is 32.5 Å². The lowest BCUT2D eigenvalue weighted by molar-refractivity contribution is -0.125. The van der Waals surface area contributed by atoms with Crippen molar-refractivity contribution in [2.24, 2.45) is 5.84 Å². The van der Waals surface area contributed by atoms with E-state index in [1.807, 2.05) is 37.3 Å². The zero-order valence-electron chi connectivity index (χ0n) is 26.6. The summed E-state index contributed by atoms with van der Waals surface area (Å²) in [6, 6.07) is 19.6. The van der Waals surface area contributed by atoms with E-state index in [1.54, 1.807) is 50.2 Å². The largest absolute Gasteiger partial charge is 0.474 e. The summed E-state index contributed by atoms with van der Waals surface area (Å²) in [7, 11) is -3.49. The average molecular weight is 672 g/mol. The minimum Gasteiger partial charge on any atom is -0.356 e. The Balaban J connectivity index is 1.47. The summed E-state index contributed by atoms with van der Waals surface area (Å²) < 4.78 is 27.8. The van der Waals surface area contributed by atoms with Gasteiger partial charge in [-0.1, -0.05) is 73.0 Å². The lowest BCUT2D eigenvalue weighted by atomic mass is 9.96. The predicted octanol–water partition coefficient (Wildman–Crippen LogP) is 7.41. The Kier molecular flexibility index (Phi) is 15.1. The van der Waals surface area contributed by atoms with Gasteiger partial charge in [-0.05, 0) is 62.9 Å². The smallest absolute Gasteiger partial charge is 0.356 e. The molecule has 0 heterocycles. The highest BCUT2D eigenvalue weighted by atomic mass is 35.5. The van der Waals surface area contributed by atoms with E-state index in [0.29, 0.717) is 40.9 Å². The third-order valence-electron chi connectivity index (χ3n) is 7.13. The van der Waals surface area contributed by atoms with Crippen molar-refractivity contribution in [2.45, 2.75) is 59.3 Å². The second-order valence-corrected chi connectivity index (χ2v) is 12.6. The molecule has 2 amide bonds. The van der Waals surface area contributed by atoms with E-state index in [0.717, 1.165) is 29.8 Å². The maximum absolute atomic E-state index is 13.1. The van der Waals surface area contributed by atoms with Crippen LogP contribution in [0.25, 0.3) is 11.1 Å². The van der Waals surface area contributed by atoms with Gasteiger partial charge in [0.2, 0.25) is 11.8 Å². The number of nitrogens with one attached hydrogen (secondary N) is 1. The first-order chi connectivity index (χ1) is 22.1. The maximum Gasteiger partial charge on any atom is 0.474 e. The highest BCUT2D eigenvalue weighted by Crippen LogP contribution is 2.49. The SMILES string of the molecule is CCOP(=O)(OCC)OCCCCCCNC(=O)CCC(=O)N(N)c1ccccc1-c1ccc(C(=O)c2ccccc2C)c(Cl)c1. The molecular weight excluding hydrogens is 629 g/mol. The molecule has 0 aromatic heterocycles. The van der Waals surface area contributed by atoms with Gasteiger partial charge in [-0.3, -0.25) is 28.0 Å². The summed E-state index contributed by atoms with van der Waals surface area (Å²) in [5, 5.41) is 4.16. The number of nitrogens with two attached hydrogens (primary N) is 1. The van der Waals surface area contributed by atoms with Gasteiger partial charge in [-0.15, -0.1) is 0 Å². The normalized spacial score (nSPS) is 11.3. The summed E-state index contributed by atoms with van der Waals surface area (Å²) in [6.45, 7) is 6.53. The van der Waals surface area contributed by atoms with Gasteiger partial charge < -0.3 is 5.32 Å². The van der Waals surface area contributed by atoms with E-state index in [2.05, 4.69) is 5.32 Å². The van der Waals surface area contributed by atoms with Crippen LogP contribution in [0, 0.1) is 6.92 Å². The number of halogens is 1. The fourth-order valence-corrected chi connectivity index (χ4v) is 6.22. The number of para-hydroxylation sites is 1. The summed E-state index contributed by atoms with van der Waals surface area (Å²) in [4.78, 5) is 38.4. The van der Waals surface area contributed by atoms with E-state index in [4.69, 9.17) is 31.0 Å². The van der Waals surface area contributed by atoms with Gasteiger partial charge >= 0.3 is 7.82 Å². The summed E-state index contributed by atoms with van der Waals surface area (Å²) >= 11 is 6.57. The zero-order valence-corrected chi connectivity index (χ0v) is 28.3. The average Bonchev–Trinajstić information content (AvgIpc) is 3.04. The van der Waals surface area contributed by atoms with Crippen molar-refractivity contribution >= 4 is 42.7 Å². The van der Waals surface area contributed by atoms with Gasteiger partial charge in [0.1, 0.15) is 0 Å². The Labute approximate surface area is 276 Å². The number of hydrogen-bond acceptors (Lipinski definition) is 8. The molecule has 10 nitrogen and oxygen atoms in total. The quantitative estimate of drug-likeness (QED) is 0.0336. The molecule has 0 atom stereocenters. The number of aryl methyl sites for hydroxylation is 1. The van der Waals surface area contributed by atoms with Crippen LogP contribution in [0.15, 0.2) is 66.7 Å². The molecule has 0 unspecified atom stereocenters. The second kappa shape index (κ2) is 18.7. The van der Waals surface area contributed by atoms with E-state index in [-0.39, 0.29) is 49.4 Å². The number of hydrogen-bond donors (Lipinski definition) is 2. The van der Waals surface area contributed by atoms with Crippen LogP contribution < -0.4 is 16.2 Å². The number of phosphoric ester groups is 1. The van der Waals surface area contributed by atoms with Gasteiger partial charge in [0.25, 0.3) is 0 Å². The van der Waals surface area contributed by atoms with Crippen LogP contribution in [0.3, 0.4) is 0 Å². The van der Waals surface area contributed by atoms with Crippen LogP contribution in [-0.2, 0) is 27.7 Å². The lowest BCUT2D eigenvalue weighted by Gasteiger charge is -2.20. The van der Waals surface area contributed by atoms with E-state index in [9.17, 15) is 18.9 Å². The fraction of sp³-hybridized carbons (Fsp3) is 0.382. The Morgan fingerprint density at radius 1 is 0.848 bits per heavy atom. The minimum absolute atomic E-state index is 0.00573. The van der Waals surface area contributed by atoms with Crippen molar-refractivity contribution in [1.29, 1.82) is 0 Å². The number of hydrazine groups is 1. The van der Waals surface area contributed by atoms with Crippen LogP contribution in [-0.4, -0.2) is 44.0 Å². The summed E-state index contributed by atoms with van der Waals surface area (Å²) in [5.74, 6) is 5.40. The van der Waals surface area contributed by atoms with Gasteiger partial charge in [-0.2, -0.15) is 0 Å². The van der Waals surface area contributed by atoms with Crippen molar-refractivity contribution in [3.63, 3.8) is 0 Å². The molecule has 0 aliphatic carbocycles. The molecule has 248 valence electrons. The first-order valence-electron chi connectivity index (χ1n) is 15.5. The Morgan fingerprint density at radius 2 is 1.52 bits per heavy atom. The molecule has 0 bridgehead atoms. The number of benzene rings is 3. The maximum atomic E-state index is 13.1. The van der Waals surface area contributed by atoms with Crippen LogP contribution in [0.4, 0.5) is 5.69 Å². The molecule has 3 N–H and O–H groups in total. The number of carbonyl (C=O) groups is 3. The highest BCUT2D eigenvalue weighted by molar-refractivity contribution is 7.48. The fourth-order valence-electron chi connectivity index (χ4n) is 4.74. The van der Waals surface area contributed by atoms with Crippen molar-refractivity contribution in [3.8, 4) is 11.1 Å². The third-order valence-corrected chi connectivity index (χ3v) is 9.09. The Hall–Kier alpha value is -3.37. The zero-order chi connectivity index (χ0) is 33.5. The van der Waals surface area contributed by atoms with Crippen LogP contribution in [0.1, 0.15) is 73.9 Å². The van der Waals surface area contributed by atoms with E-state index >= 15 is 0 Å². The number of nitrogens with zero attached hydrogens (tertiary/aromatic N) is 1. The molecule has 3 aromatic carbocycles. The topological polar surface area (TPSA) is 137 Å². The number of rotatable bonds is 19. The van der Waals surface area contributed by atoms with Gasteiger partial charge in [0.05, 0.1) is 30.5 Å². The molecule has 3 rings (SSSR count). The highest BCUT2D eigenvalue weighted by Gasteiger charge is 2.25. The molecule has 0 spiro atoms. The van der Waals surface area contributed by atoms with Crippen LogP contribution in [0.5, 0.6) is 0 Å². The molecule has 12 heteroatoms. The van der Waals surface area contributed by atoms with Gasteiger partial charge in [-0.25, -0.2) is 15.4 Å². The first kappa shape index (κ1) is 37.1. The number of anilines is 1. The number of unbranched alkanes of at least 4 members (excludes halogenated alkanes) is 3. The molecule has 0 saturated carbocycles. The summed E-state index contributed by atoms with van der Waals surface area (Å²) in [6.07, 6.45) is 3.02. The van der Waals surface area contributed by atoms with Crippen LogP contribution >= 0.6 is 19.4 Å². The number of carbonyl (C=O) groups excluding carboxylic acids is 3. The van der Waals surface area contributed by atoms with E-state index < -0.39 is 13.7 Å². The standard InChI is InChI=1S/C34H43ClN3O7P/c1-4-43-46(42,44-5-2)45-23-13-7-6-12-22-37-32(39)20-21-33(40)38(36)31-17-11-10-16-28(31)26-18-19-29(30(35)24-26)34(41)27-15-9-8-14-25(27)3/h8-11,14-19,24H,4-7,12-13,20-23,36H2,1-3H3,(H,37,39). The monoisotopic (exact) mass is 671 g/mol. The third kappa shape index (κ3) is 10.9. The second-order valence-electron chi connectivity index (χ2n) is 10.5. The number of phosphoric acid groups is 1. The summed E-state index contributed by atoms with van der Waals surface area (Å²) in [5.41, 5.74) is 3.61. The molecule has 46 heavy (non-hydrogen) atoms. The van der Waals surface area contributed by atoms with Crippen molar-refractivity contribution in [1.82, 2.24) is 5.32 Å². The molecule has 3 aromatic rings. The predicted molar refractivity (Wildman–Crippen MR) is 181 cm³/mol. The number of amides is 2. The van der Waals surface area contributed by atoms with E-state index in [1.165, 1.54) is 0 Å².